The van der Waals surface area contributed by atoms with Crippen molar-refractivity contribution in [2.75, 3.05) is 26.4 Å². The van der Waals surface area contributed by atoms with Gasteiger partial charge in [-0.2, -0.15) is 0 Å². The van der Waals surface area contributed by atoms with Gasteiger partial charge in [-0.05, 0) is 46.1 Å². The highest BCUT2D eigenvalue weighted by molar-refractivity contribution is 5.73. The highest BCUT2D eigenvalue weighted by Gasteiger charge is 2.30. The minimum atomic E-state index is -0.763. The zero-order valence-electron chi connectivity index (χ0n) is 13.4. The van der Waals surface area contributed by atoms with Gasteiger partial charge in [-0.3, -0.25) is 4.79 Å². The molecule has 2 unspecified atom stereocenters. The van der Waals surface area contributed by atoms with Gasteiger partial charge in [-0.25, -0.2) is 0 Å². The number of nitrogens with two attached hydrogens (primary N) is 1. The number of aliphatic carboxylic acids is 1. The Hall–Kier alpha value is -0.650. The van der Waals surface area contributed by atoms with E-state index >= 15 is 0 Å². The number of ether oxygens (including phenoxy) is 2. The summed E-state index contributed by atoms with van der Waals surface area (Å²) < 4.78 is 11.3. The fraction of sp³-hybridized carbons (Fsp3) is 0.933. The second-order valence-corrected chi connectivity index (χ2v) is 5.77. The fourth-order valence-corrected chi connectivity index (χ4v) is 1.84. The maximum Gasteiger partial charge on any atom is 0.309 e. The van der Waals surface area contributed by atoms with Crippen molar-refractivity contribution in [1.29, 1.82) is 0 Å². The third kappa shape index (κ3) is 6.68. The molecule has 3 N–H and O–H groups in total. The molecule has 0 bridgehead atoms. The topological polar surface area (TPSA) is 81.8 Å². The monoisotopic (exact) mass is 289 g/mol. The van der Waals surface area contributed by atoms with E-state index in [4.69, 9.17) is 20.3 Å². The molecule has 0 radical (unpaired) electrons. The molecule has 0 saturated carbocycles. The highest BCUT2D eigenvalue weighted by atomic mass is 16.5. The third-order valence-corrected chi connectivity index (χ3v) is 4.19. The van der Waals surface area contributed by atoms with Crippen LogP contribution in [0.25, 0.3) is 0 Å². The normalized spacial score (nSPS) is 17.4. The summed E-state index contributed by atoms with van der Waals surface area (Å²) in [5.41, 5.74) is 4.69. The molecule has 0 aliphatic carbocycles. The molecular formula is C15H31NO4. The number of carboxylic acids is 1. The summed E-state index contributed by atoms with van der Waals surface area (Å²) in [5.74, 6) is -0.763. The molecule has 0 aromatic rings. The van der Waals surface area contributed by atoms with E-state index in [1.807, 2.05) is 6.92 Å². The molecule has 0 aliphatic rings. The lowest BCUT2D eigenvalue weighted by Crippen LogP contribution is -2.32. The molecule has 0 heterocycles. The van der Waals surface area contributed by atoms with Crippen LogP contribution in [0.3, 0.4) is 0 Å². The van der Waals surface area contributed by atoms with E-state index in [0.29, 0.717) is 39.2 Å². The van der Waals surface area contributed by atoms with E-state index in [9.17, 15) is 4.79 Å². The summed E-state index contributed by atoms with van der Waals surface area (Å²) in [4.78, 5) is 11.1. The van der Waals surface area contributed by atoms with Gasteiger partial charge in [0.05, 0.1) is 24.2 Å². The highest BCUT2D eigenvalue weighted by Crippen LogP contribution is 2.25. The third-order valence-electron chi connectivity index (χ3n) is 4.19. The predicted molar refractivity (Wildman–Crippen MR) is 79.8 cm³/mol. The number of hydrogen-bond donors (Lipinski definition) is 2. The lowest BCUT2D eigenvalue weighted by atomic mass is 9.84. The average Bonchev–Trinajstić information content (AvgIpc) is 2.42. The summed E-state index contributed by atoms with van der Waals surface area (Å²) in [6.07, 6.45) is 2.87. The van der Waals surface area contributed by atoms with E-state index in [0.717, 1.165) is 12.8 Å². The van der Waals surface area contributed by atoms with Crippen LogP contribution in [-0.4, -0.2) is 43.0 Å². The minimum absolute atomic E-state index is 0.183. The first-order valence-corrected chi connectivity index (χ1v) is 7.48. The van der Waals surface area contributed by atoms with Crippen molar-refractivity contribution < 1.29 is 19.4 Å². The van der Waals surface area contributed by atoms with Gasteiger partial charge in [-0.15, -0.1) is 0 Å². The van der Waals surface area contributed by atoms with Gasteiger partial charge in [0.2, 0.25) is 0 Å². The van der Waals surface area contributed by atoms with Crippen LogP contribution in [0.5, 0.6) is 0 Å². The molecule has 0 fully saturated rings. The van der Waals surface area contributed by atoms with Crippen molar-refractivity contribution in [3.05, 3.63) is 0 Å². The summed E-state index contributed by atoms with van der Waals surface area (Å²) in [6.45, 7) is 9.83. The molecule has 2 atom stereocenters. The van der Waals surface area contributed by atoms with Crippen molar-refractivity contribution in [1.82, 2.24) is 0 Å². The van der Waals surface area contributed by atoms with Crippen LogP contribution in [0.15, 0.2) is 0 Å². The maximum atomic E-state index is 11.1. The van der Waals surface area contributed by atoms with E-state index < -0.39 is 11.4 Å². The zero-order chi connectivity index (χ0) is 15.6. The number of carbonyl (C=O) groups is 1. The van der Waals surface area contributed by atoms with Gasteiger partial charge in [0, 0.05) is 6.61 Å². The molecule has 120 valence electrons. The largest absolute Gasteiger partial charge is 0.481 e. The molecule has 0 aromatic heterocycles. The number of rotatable bonds is 12. The number of hydrogen-bond acceptors (Lipinski definition) is 4. The summed E-state index contributed by atoms with van der Waals surface area (Å²) in [7, 11) is 0. The standard InChI is InChI=1S/C15H31NO4/c1-5-14(3,13(17)18)8-10-19-11-12-20-15(4,6-2)7-9-16/h5-12,16H2,1-4H3,(H,17,18). The van der Waals surface area contributed by atoms with Crippen molar-refractivity contribution in [2.45, 2.75) is 59.0 Å². The van der Waals surface area contributed by atoms with Crippen LogP contribution in [0, 0.1) is 5.41 Å². The summed E-state index contributed by atoms with van der Waals surface area (Å²) in [6, 6.07) is 0. The Bertz CT molecular complexity index is 285. The number of carboxylic acid groups (broad SMARTS) is 1. The molecule has 0 spiro atoms. The Morgan fingerprint density at radius 3 is 2.20 bits per heavy atom. The van der Waals surface area contributed by atoms with Gasteiger partial charge in [0.1, 0.15) is 0 Å². The summed E-state index contributed by atoms with van der Waals surface area (Å²) >= 11 is 0. The molecule has 0 aromatic carbocycles. The molecule has 5 heteroatoms. The first-order valence-electron chi connectivity index (χ1n) is 7.48. The SMILES string of the molecule is CCC(C)(CCN)OCCOCCC(C)(CC)C(=O)O. The quantitative estimate of drug-likeness (QED) is 0.539. The molecule has 20 heavy (non-hydrogen) atoms. The van der Waals surface area contributed by atoms with E-state index in [1.165, 1.54) is 0 Å². The van der Waals surface area contributed by atoms with Gasteiger partial charge < -0.3 is 20.3 Å². The molecule has 0 saturated heterocycles. The van der Waals surface area contributed by atoms with Crippen LogP contribution in [0.2, 0.25) is 0 Å². The minimum Gasteiger partial charge on any atom is -0.481 e. The van der Waals surface area contributed by atoms with E-state index in [2.05, 4.69) is 13.8 Å². The lowest BCUT2D eigenvalue weighted by Gasteiger charge is -2.28. The average molecular weight is 289 g/mol. The first kappa shape index (κ1) is 19.4. The molecule has 0 amide bonds. The Kier molecular flexibility index (Phi) is 9.01. The van der Waals surface area contributed by atoms with Crippen LogP contribution < -0.4 is 5.73 Å². The molecule has 5 nitrogen and oxygen atoms in total. The van der Waals surface area contributed by atoms with Gasteiger partial charge in [0.25, 0.3) is 0 Å². The van der Waals surface area contributed by atoms with Gasteiger partial charge >= 0.3 is 5.97 Å². The van der Waals surface area contributed by atoms with Crippen molar-refractivity contribution in [3.8, 4) is 0 Å². The Morgan fingerprint density at radius 2 is 1.75 bits per heavy atom. The molecular weight excluding hydrogens is 258 g/mol. The smallest absolute Gasteiger partial charge is 0.309 e. The fourth-order valence-electron chi connectivity index (χ4n) is 1.84. The lowest BCUT2D eigenvalue weighted by molar-refractivity contribution is -0.149. The Balaban J connectivity index is 3.85. The second-order valence-electron chi connectivity index (χ2n) is 5.77. The first-order chi connectivity index (χ1) is 9.33. The zero-order valence-corrected chi connectivity index (χ0v) is 13.4. The maximum absolute atomic E-state index is 11.1. The predicted octanol–water partition coefficient (Wildman–Crippen LogP) is 2.43. The van der Waals surface area contributed by atoms with Gasteiger partial charge in [-0.1, -0.05) is 13.8 Å². The van der Waals surface area contributed by atoms with Crippen molar-refractivity contribution in [2.24, 2.45) is 11.1 Å². The van der Waals surface area contributed by atoms with E-state index in [-0.39, 0.29) is 5.60 Å². The Morgan fingerprint density at radius 1 is 1.10 bits per heavy atom. The van der Waals surface area contributed by atoms with E-state index in [1.54, 1.807) is 6.92 Å². The molecule has 0 aliphatic heterocycles. The van der Waals surface area contributed by atoms with Crippen molar-refractivity contribution in [3.63, 3.8) is 0 Å². The molecule has 0 rings (SSSR count). The van der Waals surface area contributed by atoms with Gasteiger partial charge in [0.15, 0.2) is 0 Å². The Labute approximate surface area is 122 Å². The van der Waals surface area contributed by atoms with Crippen molar-refractivity contribution >= 4 is 5.97 Å². The van der Waals surface area contributed by atoms with Crippen LogP contribution in [0.1, 0.15) is 53.4 Å². The van der Waals surface area contributed by atoms with Crippen LogP contribution in [-0.2, 0) is 14.3 Å². The van der Waals surface area contributed by atoms with Crippen LogP contribution >= 0.6 is 0 Å². The second kappa shape index (κ2) is 9.32. The van der Waals surface area contributed by atoms with Crippen LogP contribution in [0.4, 0.5) is 0 Å². The summed E-state index contributed by atoms with van der Waals surface area (Å²) in [5, 5.41) is 9.14.